The average Bonchev–Trinajstić information content (AvgIpc) is 2.65. The fourth-order valence-corrected chi connectivity index (χ4v) is 2.82. The van der Waals surface area contributed by atoms with E-state index in [4.69, 9.17) is 0 Å². The van der Waals surface area contributed by atoms with E-state index < -0.39 is 0 Å². The second-order valence-corrected chi connectivity index (χ2v) is 6.39. The summed E-state index contributed by atoms with van der Waals surface area (Å²) in [6, 6.07) is 3.66. The quantitative estimate of drug-likeness (QED) is 0.625. The minimum Gasteiger partial charge on any atom is -0.374 e. The van der Waals surface area contributed by atoms with Crippen LogP contribution in [0, 0.1) is 0 Å². The van der Waals surface area contributed by atoms with Crippen molar-refractivity contribution in [2.75, 3.05) is 32.0 Å². The van der Waals surface area contributed by atoms with Gasteiger partial charge in [-0.1, -0.05) is 13.0 Å². The molecule has 2 aromatic rings. The molecule has 0 radical (unpaired) electrons. The summed E-state index contributed by atoms with van der Waals surface area (Å²) in [5.74, 6) is 0.742. The molecule has 1 saturated heterocycles. The minimum atomic E-state index is -0.192. The van der Waals surface area contributed by atoms with E-state index in [0.29, 0.717) is 25.3 Å². The molecule has 0 aliphatic carbocycles. The van der Waals surface area contributed by atoms with Crippen molar-refractivity contribution in [3.8, 4) is 11.3 Å². The minimum absolute atomic E-state index is 0.0148. The van der Waals surface area contributed by atoms with Gasteiger partial charge in [0.1, 0.15) is 11.5 Å². The van der Waals surface area contributed by atoms with Crippen molar-refractivity contribution in [2.24, 2.45) is 0 Å². The van der Waals surface area contributed by atoms with Crippen LogP contribution in [0.5, 0.6) is 0 Å². The number of aromatic amines is 1. The highest BCUT2D eigenvalue weighted by Gasteiger charge is 2.29. The van der Waals surface area contributed by atoms with Gasteiger partial charge in [-0.2, -0.15) is 0 Å². The zero-order valence-electron chi connectivity index (χ0n) is 15.5. The highest BCUT2D eigenvalue weighted by atomic mass is 16.2. The molecule has 3 heterocycles. The number of H-pyrrole nitrogens is 1. The number of pyridine rings is 1. The first-order valence-corrected chi connectivity index (χ1v) is 9.02. The Hall–Kier alpha value is -3.00. The topological polar surface area (TPSA) is 103 Å². The number of amides is 1. The van der Waals surface area contributed by atoms with E-state index in [0.717, 1.165) is 23.5 Å². The molecule has 0 atom stereocenters. The van der Waals surface area contributed by atoms with E-state index in [1.165, 1.54) is 0 Å². The maximum absolute atomic E-state index is 12.1. The van der Waals surface area contributed by atoms with Gasteiger partial charge in [0.05, 0.1) is 11.7 Å². The summed E-state index contributed by atoms with van der Waals surface area (Å²) in [4.78, 5) is 37.3. The Morgan fingerprint density at radius 3 is 3.00 bits per heavy atom. The summed E-state index contributed by atoms with van der Waals surface area (Å²) >= 11 is 0. The molecule has 0 aromatic carbocycles. The molecule has 0 unspecified atom stereocenters. The lowest BCUT2D eigenvalue weighted by molar-refractivity contribution is -0.129. The van der Waals surface area contributed by atoms with Crippen LogP contribution in [0.3, 0.4) is 0 Å². The van der Waals surface area contributed by atoms with E-state index >= 15 is 0 Å². The molecule has 1 fully saturated rings. The van der Waals surface area contributed by atoms with E-state index in [1.807, 2.05) is 20.0 Å². The van der Waals surface area contributed by atoms with Crippen molar-refractivity contribution in [3.05, 3.63) is 52.9 Å². The first-order valence-electron chi connectivity index (χ1n) is 9.02. The maximum Gasteiger partial charge on any atom is 0.271 e. The summed E-state index contributed by atoms with van der Waals surface area (Å²) in [7, 11) is 1.83. The van der Waals surface area contributed by atoms with Crippen molar-refractivity contribution in [3.63, 3.8) is 0 Å². The number of hydrogen-bond donors (Lipinski definition) is 3. The lowest BCUT2D eigenvalue weighted by Crippen LogP contribution is -2.57. The number of aryl methyl sites for hydroxylation is 1. The van der Waals surface area contributed by atoms with Crippen LogP contribution in [0.4, 0.5) is 5.69 Å². The highest BCUT2D eigenvalue weighted by Crippen LogP contribution is 2.19. The number of carbonyl (C=O) groups is 1. The third-order valence-corrected chi connectivity index (χ3v) is 4.36. The number of aromatic nitrogens is 3. The molecular formula is C19H24N6O2. The van der Waals surface area contributed by atoms with Crippen molar-refractivity contribution in [2.45, 2.75) is 19.4 Å². The highest BCUT2D eigenvalue weighted by molar-refractivity contribution is 5.88. The van der Waals surface area contributed by atoms with Gasteiger partial charge in [0.2, 0.25) is 5.91 Å². The number of carbonyl (C=O) groups excluding carboxylic acids is 1. The predicted molar refractivity (Wildman–Crippen MR) is 105 cm³/mol. The van der Waals surface area contributed by atoms with Gasteiger partial charge in [-0.3, -0.25) is 9.59 Å². The normalized spacial score (nSPS) is 14.4. The molecule has 142 valence electrons. The van der Waals surface area contributed by atoms with Gasteiger partial charge in [0, 0.05) is 50.1 Å². The van der Waals surface area contributed by atoms with Crippen LogP contribution >= 0.6 is 0 Å². The lowest BCUT2D eigenvalue weighted by atomic mass is 10.1. The molecule has 8 heteroatoms. The Bertz CT molecular complexity index is 886. The number of nitrogens with zero attached hydrogens (tertiary/aromatic N) is 3. The summed E-state index contributed by atoms with van der Waals surface area (Å²) in [6.45, 7) is 3.79. The molecular weight excluding hydrogens is 344 g/mol. The summed E-state index contributed by atoms with van der Waals surface area (Å²) in [6.07, 6.45) is 7.48. The predicted octanol–water partition coefficient (Wildman–Crippen LogP) is 0.793. The number of rotatable bonds is 7. The van der Waals surface area contributed by atoms with Crippen LogP contribution in [0.1, 0.15) is 12.7 Å². The number of likely N-dealkylation sites (N-methyl/N-ethyl adjacent to an activating group) is 1. The van der Waals surface area contributed by atoms with Crippen molar-refractivity contribution in [1.82, 2.24) is 25.2 Å². The molecule has 2 aromatic heterocycles. The maximum atomic E-state index is 12.1. The Morgan fingerprint density at radius 2 is 2.26 bits per heavy atom. The van der Waals surface area contributed by atoms with Crippen LogP contribution in [-0.2, 0) is 11.2 Å². The van der Waals surface area contributed by atoms with E-state index in [2.05, 4.69) is 25.6 Å². The molecule has 3 N–H and O–H groups in total. The Morgan fingerprint density at radius 1 is 1.44 bits per heavy atom. The van der Waals surface area contributed by atoms with Crippen LogP contribution < -0.4 is 16.2 Å². The van der Waals surface area contributed by atoms with Gasteiger partial charge in [0.25, 0.3) is 5.56 Å². The largest absolute Gasteiger partial charge is 0.374 e. The fraction of sp³-hybridized carbons (Fsp3) is 0.368. The zero-order chi connectivity index (χ0) is 19.2. The lowest BCUT2D eigenvalue weighted by Gasteiger charge is -2.39. The molecule has 0 spiro atoms. The first-order chi connectivity index (χ1) is 13.1. The average molecular weight is 368 g/mol. The monoisotopic (exact) mass is 368 g/mol. The molecule has 1 aliphatic heterocycles. The Kier molecular flexibility index (Phi) is 5.97. The van der Waals surface area contributed by atoms with Gasteiger partial charge < -0.3 is 20.5 Å². The molecule has 27 heavy (non-hydrogen) atoms. The van der Waals surface area contributed by atoms with Crippen LogP contribution in [-0.4, -0.2) is 58.5 Å². The van der Waals surface area contributed by atoms with Crippen molar-refractivity contribution >= 4 is 11.6 Å². The van der Waals surface area contributed by atoms with Gasteiger partial charge >= 0.3 is 0 Å². The summed E-state index contributed by atoms with van der Waals surface area (Å²) in [5, 5.41) is 6.17. The van der Waals surface area contributed by atoms with Crippen molar-refractivity contribution in [1.29, 1.82) is 0 Å². The Labute approximate surface area is 157 Å². The smallest absolute Gasteiger partial charge is 0.271 e. The third-order valence-electron chi connectivity index (χ3n) is 4.36. The second-order valence-electron chi connectivity index (χ2n) is 6.39. The third kappa shape index (κ3) is 4.59. The van der Waals surface area contributed by atoms with Gasteiger partial charge in [-0.25, -0.2) is 9.97 Å². The van der Waals surface area contributed by atoms with Gasteiger partial charge in [0.15, 0.2) is 0 Å². The summed E-state index contributed by atoms with van der Waals surface area (Å²) < 4.78 is 0. The van der Waals surface area contributed by atoms with E-state index in [1.54, 1.807) is 35.5 Å². The van der Waals surface area contributed by atoms with Crippen molar-refractivity contribution < 1.29 is 4.79 Å². The molecule has 0 saturated carbocycles. The number of anilines is 1. The van der Waals surface area contributed by atoms with Gasteiger partial charge in [-0.15, -0.1) is 0 Å². The Balaban J connectivity index is 1.65. The molecule has 0 bridgehead atoms. The SMILES string of the molecule is CCc1nccc(-c2c[nH]c(=O)c(NC3CN(C(=O)/C=C/CNC)C3)c2)n1. The number of likely N-dealkylation sites (tertiary alicyclic amines) is 1. The number of nitrogens with one attached hydrogen (secondary N) is 3. The van der Waals surface area contributed by atoms with Crippen LogP contribution in [0.2, 0.25) is 0 Å². The van der Waals surface area contributed by atoms with E-state index in [-0.39, 0.29) is 17.5 Å². The summed E-state index contributed by atoms with van der Waals surface area (Å²) in [5.41, 5.74) is 1.87. The molecule has 1 aliphatic rings. The van der Waals surface area contributed by atoms with E-state index in [9.17, 15) is 9.59 Å². The van der Waals surface area contributed by atoms with Crippen LogP contribution in [0.25, 0.3) is 11.3 Å². The molecule has 1 amide bonds. The molecule has 3 rings (SSSR count). The fourth-order valence-electron chi connectivity index (χ4n) is 2.82. The number of hydrogen-bond acceptors (Lipinski definition) is 6. The first kappa shape index (κ1) is 18.8. The second kappa shape index (κ2) is 8.59. The standard InChI is InChI=1S/C19H24N6O2/c1-3-17-21-8-6-15(24-17)13-9-16(19(27)22-10-13)23-14-11-25(12-14)18(26)5-4-7-20-2/h4-6,8-10,14,20,23H,3,7,11-12H2,1-2H3,(H,22,27)/b5-4+. The molecule has 8 nitrogen and oxygen atoms in total. The van der Waals surface area contributed by atoms with Gasteiger partial charge in [-0.05, 0) is 19.2 Å². The zero-order valence-corrected chi connectivity index (χ0v) is 15.5. The van der Waals surface area contributed by atoms with Crippen LogP contribution in [0.15, 0.2) is 41.5 Å².